The molecule has 2 aromatic rings. The number of aryl methyl sites for hydroxylation is 1. The number of phenolic OH excluding ortho intramolecular Hbond substituents is 2. The number of halogens is 2. The van der Waals surface area contributed by atoms with Crippen LogP contribution < -0.4 is 0 Å². The molecule has 0 spiro atoms. The van der Waals surface area contributed by atoms with Crippen molar-refractivity contribution in [2.45, 2.75) is 6.92 Å². The normalized spacial score (nSPS) is 11.1. The number of para-hydroxylation sites is 1. The van der Waals surface area contributed by atoms with Crippen LogP contribution >= 0.6 is 27.5 Å². The number of hydrogen-bond acceptors (Lipinski definition) is 3. The largest absolute Gasteiger partial charge is 0.506 e. The first-order valence-corrected chi connectivity index (χ1v) is 6.67. The van der Waals surface area contributed by atoms with E-state index in [0.717, 1.165) is 10.0 Å². The first kappa shape index (κ1) is 13.9. The lowest BCUT2D eigenvalue weighted by Crippen LogP contribution is -1.85. The van der Waals surface area contributed by atoms with E-state index in [2.05, 4.69) is 20.9 Å². The third kappa shape index (κ3) is 3.08. The molecule has 0 aromatic heterocycles. The number of aromatic hydroxyl groups is 2. The zero-order valence-electron chi connectivity index (χ0n) is 10.1. The van der Waals surface area contributed by atoms with Gasteiger partial charge in [0.25, 0.3) is 0 Å². The SMILES string of the molecule is Cc1cccc(O)c1N=Cc1cc(Br)cc(Cl)c1O. The van der Waals surface area contributed by atoms with Crippen LogP contribution in [0, 0.1) is 6.92 Å². The van der Waals surface area contributed by atoms with Crippen molar-refractivity contribution >= 4 is 39.4 Å². The standard InChI is InChI=1S/C14H11BrClNO2/c1-8-3-2-4-12(18)13(8)17-7-9-5-10(15)6-11(16)14(9)19/h2-7,18-19H,1H3. The van der Waals surface area contributed by atoms with Crippen molar-refractivity contribution in [3.63, 3.8) is 0 Å². The third-order valence-electron chi connectivity index (χ3n) is 2.61. The fourth-order valence-corrected chi connectivity index (χ4v) is 2.46. The Bertz CT molecular complexity index is 636. The predicted octanol–water partition coefficient (Wildman–Crippen LogP) is 4.57. The van der Waals surface area contributed by atoms with Crippen molar-refractivity contribution in [3.8, 4) is 11.5 Å². The summed E-state index contributed by atoms with van der Waals surface area (Å²) < 4.78 is 0.741. The Balaban J connectivity index is 2.44. The fourth-order valence-electron chi connectivity index (χ4n) is 1.63. The summed E-state index contributed by atoms with van der Waals surface area (Å²) in [6.07, 6.45) is 1.47. The average Bonchev–Trinajstić information content (AvgIpc) is 2.34. The molecular weight excluding hydrogens is 330 g/mol. The first-order valence-electron chi connectivity index (χ1n) is 5.49. The molecule has 0 atom stereocenters. The maximum atomic E-state index is 9.83. The van der Waals surface area contributed by atoms with Crippen molar-refractivity contribution in [3.05, 3.63) is 51.0 Å². The second kappa shape index (κ2) is 5.63. The van der Waals surface area contributed by atoms with Gasteiger partial charge in [-0.3, -0.25) is 4.99 Å². The zero-order chi connectivity index (χ0) is 14.0. The summed E-state index contributed by atoms with van der Waals surface area (Å²) in [6.45, 7) is 1.85. The van der Waals surface area contributed by atoms with Crippen molar-refractivity contribution in [1.29, 1.82) is 0 Å². The lowest BCUT2D eigenvalue weighted by atomic mass is 10.2. The van der Waals surface area contributed by atoms with Gasteiger partial charge in [0.1, 0.15) is 17.2 Å². The second-order valence-electron chi connectivity index (χ2n) is 4.03. The molecule has 0 unspecified atom stereocenters. The molecule has 3 nitrogen and oxygen atoms in total. The molecule has 0 radical (unpaired) electrons. The Hall–Kier alpha value is -1.52. The van der Waals surface area contributed by atoms with Crippen LogP contribution in [0.25, 0.3) is 0 Å². The summed E-state index contributed by atoms with van der Waals surface area (Å²) >= 11 is 9.17. The minimum atomic E-state index is -0.0401. The predicted molar refractivity (Wildman–Crippen MR) is 80.9 cm³/mol. The molecule has 5 heteroatoms. The number of hydrogen-bond donors (Lipinski definition) is 2. The Morgan fingerprint density at radius 1 is 1.26 bits per heavy atom. The van der Waals surface area contributed by atoms with Crippen LogP contribution in [0.3, 0.4) is 0 Å². The van der Waals surface area contributed by atoms with E-state index in [1.807, 2.05) is 13.0 Å². The fraction of sp³-hybridized carbons (Fsp3) is 0.0714. The van der Waals surface area contributed by atoms with Crippen LogP contribution in [-0.2, 0) is 0 Å². The van der Waals surface area contributed by atoms with E-state index in [1.54, 1.807) is 24.3 Å². The lowest BCUT2D eigenvalue weighted by Gasteiger charge is -2.04. The van der Waals surface area contributed by atoms with E-state index < -0.39 is 0 Å². The van der Waals surface area contributed by atoms with Crippen molar-refractivity contribution in [1.82, 2.24) is 0 Å². The van der Waals surface area contributed by atoms with Gasteiger partial charge < -0.3 is 10.2 Å². The number of nitrogens with zero attached hydrogens (tertiary/aromatic N) is 1. The average molecular weight is 341 g/mol. The molecule has 0 heterocycles. The maximum Gasteiger partial charge on any atom is 0.143 e. The number of benzene rings is 2. The molecule has 0 saturated carbocycles. The minimum absolute atomic E-state index is 0.0401. The number of phenols is 2. The van der Waals surface area contributed by atoms with Gasteiger partial charge >= 0.3 is 0 Å². The van der Waals surface area contributed by atoms with Crippen LogP contribution in [-0.4, -0.2) is 16.4 Å². The summed E-state index contributed by atoms with van der Waals surface area (Å²) in [5.74, 6) is 0.0542. The Kier molecular flexibility index (Phi) is 4.12. The Morgan fingerprint density at radius 2 is 2.00 bits per heavy atom. The van der Waals surface area contributed by atoms with E-state index in [4.69, 9.17) is 11.6 Å². The van der Waals surface area contributed by atoms with Gasteiger partial charge in [-0.25, -0.2) is 0 Å². The molecular formula is C14H11BrClNO2. The smallest absolute Gasteiger partial charge is 0.143 e. The van der Waals surface area contributed by atoms with Gasteiger partial charge in [0.2, 0.25) is 0 Å². The van der Waals surface area contributed by atoms with Gasteiger partial charge in [0.05, 0.1) is 5.02 Å². The highest BCUT2D eigenvalue weighted by atomic mass is 79.9. The van der Waals surface area contributed by atoms with Crippen LogP contribution in [0.4, 0.5) is 5.69 Å². The molecule has 0 aliphatic heterocycles. The molecule has 0 aliphatic carbocycles. The molecule has 0 bridgehead atoms. The molecule has 19 heavy (non-hydrogen) atoms. The Morgan fingerprint density at radius 3 is 2.68 bits per heavy atom. The zero-order valence-corrected chi connectivity index (χ0v) is 12.4. The quantitative estimate of drug-likeness (QED) is 0.787. The van der Waals surface area contributed by atoms with E-state index >= 15 is 0 Å². The van der Waals surface area contributed by atoms with Gasteiger partial charge in [0.15, 0.2) is 0 Å². The molecule has 2 aromatic carbocycles. The molecule has 0 amide bonds. The van der Waals surface area contributed by atoms with Gasteiger partial charge in [-0.2, -0.15) is 0 Å². The lowest BCUT2D eigenvalue weighted by molar-refractivity contribution is 0.474. The number of rotatable bonds is 2. The van der Waals surface area contributed by atoms with Crippen molar-refractivity contribution in [2.75, 3.05) is 0 Å². The highest BCUT2D eigenvalue weighted by Crippen LogP contribution is 2.32. The molecule has 2 rings (SSSR count). The highest BCUT2D eigenvalue weighted by molar-refractivity contribution is 9.10. The van der Waals surface area contributed by atoms with Crippen LogP contribution in [0.2, 0.25) is 5.02 Å². The van der Waals surface area contributed by atoms with Gasteiger partial charge in [-0.05, 0) is 30.7 Å². The van der Waals surface area contributed by atoms with Crippen LogP contribution in [0.5, 0.6) is 11.5 Å². The summed E-state index contributed by atoms with van der Waals surface area (Å²) in [4.78, 5) is 4.20. The summed E-state index contributed by atoms with van der Waals surface area (Å²) in [6, 6.07) is 8.45. The first-order chi connectivity index (χ1) is 8.99. The summed E-state index contributed by atoms with van der Waals surface area (Å²) in [5, 5.41) is 19.8. The van der Waals surface area contributed by atoms with E-state index in [9.17, 15) is 10.2 Å². The molecule has 2 N–H and O–H groups in total. The van der Waals surface area contributed by atoms with E-state index in [0.29, 0.717) is 11.3 Å². The summed E-state index contributed by atoms with van der Waals surface area (Å²) in [5.41, 5.74) is 1.79. The third-order valence-corrected chi connectivity index (χ3v) is 3.35. The highest BCUT2D eigenvalue weighted by Gasteiger charge is 2.07. The molecule has 0 aliphatic rings. The van der Waals surface area contributed by atoms with Gasteiger partial charge in [-0.1, -0.05) is 39.7 Å². The van der Waals surface area contributed by atoms with Crippen LogP contribution in [0.1, 0.15) is 11.1 Å². The molecule has 98 valence electrons. The van der Waals surface area contributed by atoms with Crippen molar-refractivity contribution < 1.29 is 10.2 Å². The van der Waals surface area contributed by atoms with Crippen LogP contribution in [0.15, 0.2) is 39.8 Å². The molecule has 0 fully saturated rings. The van der Waals surface area contributed by atoms with E-state index in [-0.39, 0.29) is 16.5 Å². The molecule has 0 saturated heterocycles. The summed E-state index contributed by atoms with van der Waals surface area (Å²) in [7, 11) is 0. The monoisotopic (exact) mass is 339 g/mol. The number of aliphatic imine (C=N–C) groups is 1. The minimum Gasteiger partial charge on any atom is -0.506 e. The van der Waals surface area contributed by atoms with Gasteiger partial charge in [-0.15, -0.1) is 0 Å². The second-order valence-corrected chi connectivity index (χ2v) is 5.35. The maximum absolute atomic E-state index is 9.83. The Labute approximate surface area is 124 Å². The topological polar surface area (TPSA) is 52.8 Å². The van der Waals surface area contributed by atoms with Gasteiger partial charge in [0, 0.05) is 16.3 Å². The van der Waals surface area contributed by atoms with Crippen molar-refractivity contribution in [2.24, 2.45) is 4.99 Å². The van der Waals surface area contributed by atoms with E-state index in [1.165, 1.54) is 6.21 Å².